The first-order chi connectivity index (χ1) is 16.1. The summed E-state index contributed by atoms with van der Waals surface area (Å²) in [4.78, 5) is 24.7. The monoisotopic (exact) mass is 504 g/mol. The van der Waals surface area contributed by atoms with Crippen molar-refractivity contribution in [1.29, 1.82) is 0 Å². The molecule has 9 atom stereocenters. The Kier molecular flexibility index (Phi) is 5.93. The summed E-state index contributed by atoms with van der Waals surface area (Å²) >= 11 is 0. The van der Waals surface area contributed by atoms with Crippen molar-refractivity contribution in [2.75, 3.05) is 0 Å². The third kappa shape index (κ3) is 3.62. The minimum absolute atomic E-state index is 0.0754. The molecule has 0 unspecified atom stereocenters. The number of carboxylic acid groups (broad SMARTS) is 1. The highest BCUT2D eigenvalue weighted by molar-refractivity contribution is 6.74. The zero-order valence-corrected chi connectivity index (χ0v) is 24.1. The Labute approximate surface area is 213 Å². The van der Waals surface area contributed by atoms with E-state index < -0.39 is 20.2 Å². The topological polar surface area (TPSA) is 72.8 Å². The Morgan fingerprint density at radius 1 is 1.03 bits per heavy atom. The zero-order valence-electron chi connectivity index (χ0n) is 23.1. The average molecular weight is 505 g/mol. The summed E-state index contributed by atoms with van der Waals surface area (Å²) in [5, 5.41) is 9.70. The molecule has 0 amide bonds. The van der Waals surface area contributed by atoms with Crippen LogP contribution in [0.3, 0.4) is 0 Å². The van der Waals surface area contributed by atoms with Gasteiger partial charge < -0.3 is 14.3 Å². The number of carboxylic acids is 1. The third-order valence-electron chi connectivity index (χ3n) is 12.6. The lowest BCUT2D eigenvalue weighted by molar-refractivity contribution is -0.253. The van der Waals surface area contributed by atoms with Crippen LogP contribution in [0.5, 0.6) is 0 Å². The van der Waals surface area contributed by atoms with Crippen LogP contribution >= 0.6 is 0 Å². The van der Waals surface area contributed by atoms with Crippen LogP contribution in [0.4, 0.5) is 0 Å². The molecule has 1 heterocycles. The Morgan fingerprint density at radius 3 is 2.37 bits per heavy atom. The first kappa shape index (κ1) is 25.8. The molecule has 5 rings (SSSR count). The van der Waals surface area contributed by atoms with E-state index in [-0.39, 0.29) is 39.8 Å². The molecule has 2 bridgehead atoms. The number of carbonyl (C=O) groups excluding carboxylic acids is 1. The summed E-state index contributed by atoms with van der Waals surface area (Å²) in [6.07, 6.45) is 10.3. The van der Waals surface area contributed by atoms with Crippen LogP contribution in [0.1, 0.15) is 98.8 Å². The molecule has 0 aromatic rings. The smallest absolute Gasteiger partial charge is 0.310 e. The van der Waals surface area contributed by atoms with Crippen molar-refractivity contribution in [3.8, 4) is 0 Å². The standard InChI is InChI=1S/C29H48O5Si/c1-26(2,3)35(6,7)34-19-10-13-27(4)18(16-19)8-9-23-22(27)11-14-28(5)21-12-15-29(23,28)33-25(32)20(21)17-24(30)31/h18-23H,8-17H2,1-7H3,(H,30,31)/t18-,19+,20+,21-,22+,23-,27+,28-,29+/m1/s1. The van der Waals surface area contributed by atoms with Gasteiger partial charge in [-0.25, -0.2) is 0 Å². The number of aliphatic carboxylic acids is 1. The van der Waals surface area contributed by atoms with Crippen LogP contribution in [0.15, 0.2) is 0 Å². The normalized spacial score (nSPS) is 47.3. The predicted octanol–water partition coefficient (Wildman–Crippen LogP) is 6.81. The molecule has 0 radical (unpaired) electrons. The van der Waals surface area contributed by atoms with Crippen molar-refractivity contribution in [2.45, 2.75) is 129 Å². The molecule has 5 nitrogen and oxygen atoms in total. The number of rotatable bonds is 4. The van der Waals surface area contributed by atoms with Gasteiger partial charge in [-0.15, -0.1) is 0 Å². The predicted molar refractivity (Wildman–Crippen MR) is 138 cm³/mol. The van der Waals surface area contributed by atoms with Crippen LogP contribution in [-0.2, 0) is 18.8 Å². The molecule has 198 valence electrons. The molecule has 1 saturated heterocycles. The molecular formula is C29H48O5Si. The van der Waals surface area contributed by atoms with E-state index in [2.05, 4.69) is 47.7 Å². The van der Waals surface area contributed by atoms with E-state index in [1.54, 1.807) is 0 Å². The Morgan fingerprint density at radius 2 is 1.71 bits per heavy atom. The average Bonchev–Trinajstić information content (AvgIpc) is 2.94. The molecule has 0 spiro atoms. The van der Waals surface area contributed by atoms with E-state index in [4.69, 9.17) is 9.16 Å². The molecule has 4 aliphatic carbocycles. The number of hydrogen-bond donors (Lipinski definition) is 1. The lowest BCUT2D eigenvalue weighted by Gasteiger charge is -2.66. The fourth-order valence-electron chi connectivity index (χ4n) is 9.62. The number of esters is 1. The Bertz CT molecular complexity index is 894. The molecular weight excluding hydrogens is 456 g/mol. The van der Waals surface area contributed by atoms with Crippen molar-refractivity contribution in [3.63, 3.8) is 0 Å². The van der Waals surface area contributed by atoms with Crippen molar-refractivity contribution >= 4 is 20.3 Å². The fraction of sp³-hybridized carbons (Fsp3) is 0.931. The maximum absolute atomic E-state index is 13.2. The minimum atomic E-state index is -1.78. The summed E-state index contributed by atoms with van der Waals surface area (Å²) in [5.41, 5.74) is -0.169. The quantitative estimate of drug-likeness (QED) is 0.336. The van der Waals surface area contributed by atoms with Crippen molar-refractivity contribution in [3.05, 3.63) is 0 Å². The first-order valence-corrected chi connectivity index (χ1v) is 17.2. The largest absolute Gasteiger partial charge is 0.481 e. The van der Waals surface area contributed by atoms with E-state index in [1.807, 2.05) is 0 Å². The van der Waals surface area contributed by atoms with Crippen LogP contribution < -0.4 is 0 Å². The molecule has 5 fully saturated rings. The Hall–Kier alpha value is -0.883. The minimum Gasteiger partial charge on any atom is -0.481 e. The third-order valence-corrected chi connectivity index (χ3v) is 17.1. The van der Waals surface area contributed by atoms with E-state index in [0.717, 1.165) is 32.1 Å². The second-order valence-electron chi connectivity index (χ2n) is 14.9. The van der Waals surface area contributed by atoms with Crippen molar-refractivity contribution < 1.29 is 23.9 Å². The molecule has 0 aromatic heterocycles. The second-order valence-corrected chi connectivity index (χ2v) is 19.6. The highest BCUT2D eigenvalue weighted by Crippen LogP contribution is 2.73. The number of hydrogen-bond acceptors (Lipinski definition) is 4. The molecule has 1 aliphatic heterocycles. The van der Waals surface area contributed by atoms with Gasteiger partial charge in [-0.05, 0) is 99.1 Å². The molecule has 6 heteroatoms. The maximum Gasteiger partial charge on any atom is 0.310 e. The van der Waals surface area contributed by atoms with Gasteiger partial charge >= 0.3 is 11.9 Å². The van der Waals surface area contributed by atoms with E-state index in [9.17, 15) is 14.7 Å². The van der Waals surface area contributed by atoms with Gasteiger partial charge in [0.25, 0.3) is 0 Å². The van der Waals surface area contributed by atoms with Gasteiger partial charge in [-0.3, -0.25) is 9.59 Å². The highest BCUT2D eigenvalue weighted by atomic mass is 28.4. The summed E-state index contributed by atoms with van der Waals surface area (Å²) in [5.74, 6) is 0.259. The number of fused-ring (bicyclic) bond motifs is 3. The van der Waals surface area contributed by atoms with E-state index in [1.165, 1.54) is 25.7 Å². The molecule has 35 heavy (non-hydrogen) atoms. The summed E-state index contributed by atoms with van der Waals surface area (Å²) in [6.45, 7) is 16.6. The SMILES string of the molecule is CC(C)(C)[Si](C)(C)O[C@H]1CC[C@@]2(C)[C@H](CC[C@@H]3[C@@H]2CC[C@]2(C)[C@@H]4CC[C@]32OC(=O)[C@H]4CC(=O)O)C1. The van der Waals surface area contributed by atoms with Gasteiger partial charge in [0.1, 0.15) is 5.60 Å². The van der Waals surface area contributed by atoms with Crippen molar-refractivity contribution in [2.24, 2.45) is 40.4 Å². The molecule has 5 aliphatic rings. The van der Waals surface area contributed by atoms with E-state index >= 15 is 0 Å². The summed E-state index contributed by atoms with van der Waals surface area (Å²) in [7, 11) is -1.78. The van der Waals surface area contributed by atoms with Gasteiger partial charge in [0.05, 0.1) is 12.3 Å². The highest BCUT2D eigenvalue weighted by Gasteiger charge is 2.73. The van der Waals surface area contributed by atoms with Crippen LogP contribution in [0.2, 0.25) is 18.1 Å². The van der Waals surface area contributed by atoms with Gasteiger partial charge in [-0.1, -0.05) is 34.6 Å². The summed E-state index contributed by atoms with van der Waals surface area (Å²) < 4.78 is 13.4. The van der Waals surface area contributed by atoms with Gasteiger partial charge in [0, 0.05) is 17.4 Å². The van der Waals surface area contributed by atoms with Gasteiger partial charge in [-0.2, -0.15) is 0 Å². The fourth-order valence-corrected chi connectivity index (χ4v) is 11.0. The van der Waals surface area contributed by atoms with Gasteiger partial charge in [0.2, 0.25) is 0 Å². The van der Waals surface area contributed by atoms with E-state index in [0.29, 0.717) is 23.9 Å². The lowest BCUT2D eigenvalue weighted by atomic mass is 9.42. The van der Waals surface area contributed by atoms with Crippen LogP contribution in [-0.4, -0.2) is 37.1 Å². The van der Waals surface area contributed by atoms with Crippen LogP contribution in [0, 0.1) is 40.4 Å². The molecule has 0 aromatic carbocycles. The van der Waals surface area contributed by atoms with Crippen LogP contribution in [0.25, 0.3) is 0 Å². The maximum atomic E-state index is 13.2. The number of ether oxygens (including phenoxy) is 1. The van der Waals surface area contributed by atoms with Crippen molar-refractivity contribution in [1.82, 2.24) is 0 Å². The van der Waals surface area contributed by atoms with Gasteiger partial charge in [0.15, 0.2) is 8.32 Å². The molecule has 1 N–H and O–H groups in total. The number of carbonyl (C=O) groups is 2. The zero-order chi connectivity index (χ0) is 25.6. The molecule has 4 saturated carbocycles. The lowest BCUT2D eigenvalue weighted by Crippen LogP contribution is -2.67. The second kappa shape index (κ2) is 8.06. The first-order valence-electron chi connectivity index (χ1n) is 14.3. The Balaban J connectivity index is 1.37. The summed E-state index contributed by atoms with van der Waals surface area (Å²) in [6, 6.07) is 0.